The highest BCUT2D eigenvalue weighted by Gasteiger charge is 2.23. The first kappa shape index (κ1) is 13.2. The SMILES string of the molecule is Cc1cc2c(nc(C(C)(C)C)n2CO[SiH3])c(C)n1. The molecule has 0 aliphatic carbocycles. The smallest absolute Gasteiger partial charge is 0.148 e. The van der Waals surface area contributed by atoms with E-state index in [-0.39, 0.29) is 5.41 Å². The molecule has 0 aliphatic rings. The van der Waals surface area contributed by atoms with Gasteiger partial charge in [-0.25, -0.2) is 4.98 Å². The van der Waals surface area contributed by atoms with Crippen molar-refractivity contribution in [3.05, 3.63) is 23.3 Å². The quantitative estimate of drug-likeness (QED) is 0.773. The van der Waals surface area contributed by atoms with Crippen LogP contribution in [0.25, 0.3) is 11.0 Å². The molecule has 0 fully saturated rings. The molecule has 4 nitrogen and oxygen atoms in total. The second-order valence-electron chi connectivity index (χ2n) is 5.75. The average Bonchev–Trinajstić information content (AvgIpc) is 2.58. The molecule has 5 heteroatoms. The van der Waals surface area contributed by atoms with Crippen molar-refractivity contribution in [1.29, 1.82) is 0 Å². The van der Waals surface area contributed by atoms with Crippen molar-refractivity contribution < 1.29 is 4.43 Å². The summed E-state index contributed by atoms with van der Waals surface area (Å²) in [5.74, 6) is 1.06. The van der Waals surface area contributed by atoms with Crippen LogP contribution in [0, 0.1) is 13.8 Å². The fourth-order valence-electron chi connectivity index (χ4n) is 2.26. The van der Waals surface area contributed by atoms with E-state index >= 15 is 0 Å². The Morgan fingerprint density at radius 1 is 1.28 bits per heavy atom. The maximum Gasteiger partial charge on any atom is 0.148 e. The van der Waals surface area contributed by atoms with Crippen LogP contribution in [0.5, 0.6) is 0 Å². The zero-order chi connectivity index (χ0) is 13.5. The number of fused-ring (bicyclic) bond motifs is 1. The Hall–Kier alpha value is -1.20. The van der Waals surface area contributed by atoms with Gasteiger partial charge in [0, 0.05) is 11.1 Å². The minimum atomic E-state index is -0.000545. The van der Waals surface area contributed by atoms with Gasteiger partial charge in [0.15, 0.2) is 0 Å². The largest absolute Gasteiger partial charge is 0.410 e. The lowest BCUT2D eigenvalue weighted by Crippen LogP contribution is -2.19. The summed E-state index contributed by atoms with van der Waals surface area (Å²) in [5.41, 5.74) is 4.13. The summed E-state index contributed by atoms with van der Waals surface area (Å²) < 4.78 is 7.62. The first-order valence-corrected chi connectivity index (χ1v) is 7.00. The zero-order valence-corrected chi connectivity index (χ0v) is 14.0. The van der Waals surface area contributed by atoms with Crippen LogP contribution >= 0.6 is 0 Å². The molecule has 0 saturated carbocycles. The average molecular weight is 263 g/mol. The molecule has 2 heterocycles. The Morgan fingerprint density at radius 3 is 2.50 bits per heavy atom. The molecule has 0 atom stereocenters. The number of rotatable bonds is 2. The molecule has 0 aromatic carbocycles. The number of aromatic nitrogens is 3. The molecule has 0 N–H and O–H groups in total. The molecule has 98 valence electrons. The first-order valence-electron chi connectivity index (χ1n) is 6.18. The molecule has 18 heavy (non-hydrogen) atoms. The van der Waals surface area contributed by atoms with E-state index in [0.29, 0.717) is 6.73 Å². The van der Waals surface area contributed by atoms with Crippen molar-refractivity contribution in [3.8, 4) is 0 Å². The molecule has 2 aromatic heterocycles. The lowest BCUT2D eigenvalue weighted by Gasteiger charge is -2.19. The number of imidazole rings is 1. The monoisotopic (exact) mass is 263 g/mol. The van der Waals surface area contributed by atoms with Crippen LogP contribution in [0.3, 0.4) is 0 Å². The topological polar surface area (TPSA) is 39.9 Å². The molecule has 0 radical (unpaired) electrons. The first-order chi connectivity index (χ1) is 8.34. The van der Waals surface area contributed by atoms with E-state index in [1.807, 2.05) is 13.8 Å². The molecular formula is C13H21N3OSi. The van der Waals surface area contributed by atoms with Crippen molar-refractivity contribution >= 4 is 21.5 Å². The van der Waals surface area contributed by atoms with E-state index in [4.69, 9.17) is 9.41 Å². The molecule has 0 spiro atoms. The van der Waals surface area contributed by atoms with Crippen LogP contribution in [0.1, 0.15) is 38.0 Å². The van der Waals surface area contributed by atoms with E-state index in [2.05, 4.69) is 36.4 Å². The summed E-state index contributed by atoms with van der Waals surface area (Å²) in [6.07, 6.45) is 0. The Labute approximate surface area is 111 Å². The molecule has 2 rings (SSSR count). The summed E-state index contributed by atoms with van der Waals surface area (Å²) in [6, 6.07) is 2.09. The van der Waals surface area contributed by atoms with E-state index in [9.17, 15) is 0 Å². The molecule has 0 amide bonds. The van der Waals surface area contributed by atoms with E-state index in [0.717, 1.165) is 38.7 Å². The number of nitrogens with zero attached hydrogens (tertiary/aromatic N) is 3. The Balaban J connectivity index is 2.79. The van der Waals surface area contributed by atoms with Crippen LogP contribution in [-0.2, 0) is 16.6 Å². The van der Waals surface area contributed by atoms with Gasteiger partial charge in [-0.05, 0) is 19.9 Å². The number of hydrogen-bond donors (Lipinski definition) is 0. The number of pyridine rings is 1. The fourth-order valence-corrected chi connectivity index (χ4v) is 2.52. The number of aryl methyl sites for hydroxylation is 2. The normalized spacial score (nSPS) is 12.5. The lowest BCUT2D eigenvalue weighted by molar-refractivity contribution is 0.253. The van der Waals surface area contributed by atoms with Crippen LogP contribution in [-0.4, -0.2) is 25.0 Å². The molecule has 0 aliphatic heterocycles. The molecule has 0 saturated heterocycles. The third-order valence-electron chi connectivity index (χ3n) is 2.97. The standard InChI is InChI=1S/C13H21N3OSi/c1-8-6-10-11(9(2)14-8)15-12(13(3,4)5)16(10)7-17-18/h6H,7H2,1-5,18H3. The fraction of sp³-hybridized carbons (Fsp3) is 0.538. The van der Waals surface area contributed by atoms with Gasteiger partial charge in [0.1, 0.15) is 28.6 Å². The van der Waals surface area contributed by atoms with Gasteiger partial charge >= 0.3 is 0 Å². The van der Waals surface area contributed by atoms with Gasteiger partial charge in [0.05, 0.1) is 11.2 Å². The molecule has 0 bridgehead atoms. The number of hydrogen-bond acceptors (Lipinski definition) is 3. The second-order valence-corrected chi connectivity index (χ2v) is 6.33. The van der Waals surface area contributed by atoms with Crippen molar-refractivity contribution in [2.75, 3.05) is 0 Å². The van der Waals surface area contributed by atoms with E-state index in [1.165, 1.54) is 0 Å². The highest BCUT2D eigenvalue weighted by Crippen LogP contribution is 2.27. The summed E-state index contributed by atoms with van der Waals surface area (Å²) >= 11 is 0. The van der Waals surface area contributed by atoms with Gasteiger partial charge in [0.25, 0.3) is 0 Å². The Morgan fingerprint density at radius 2 is 1.94 bits per heavy atom. The van der Waals surface area contributed by atoms with Gasteiger partial charge in [-0.1, -0.05) is 20.8 Å². The molecule has 0 unspecified atom stereocenters. The van der Waals surface area contributed by atoms with Gasteiger partial charge in [0.2, 0.25) is 0 Å². The van der Waals surface area contributed by atoms with E-state index < -0.39 is 0 Å². The van der Waals surface area contributed by atoms with Gasteiger partial charge in [-0.3, -0.25) is 4.98 Å². The van der Waals surface area contributed by atoms with Gasteiger partial charge < -0.3 is 8.99 Å². The minimum absolute atomic E-state index is 0.000545. The highest BCUT2D eigenvalue weighted by atomic mass is 28.2. The summed E-state index contributed by atoms with van der Waals surface area (Å²) in [6.45, 7) is 11.1. The summed E-state index contributed by atoms with van der Waals surface area (Å²) in [4.78, 5) is 9.27. The van der Waals surface area contributed by atoms with Crippen LogP contribution in [0.2, 0.25) is 0 Å². The summed E-state index contributed by atoms with van der Waals surface area (Å²) in [5, 5.41) is 0. The van der Waals surface area contributed by atoms with Gasteiger partial charge in [-0.15, -0.1) is 0 Å². The highest BCUT2D eigenvalue weighted by molar-refractivity contribution is 5.97. The lowest BCUT2D eigenvalue weighted by atomic mass is 9.96. The van der Waals surface area contributed by atoms with Crippen LogP contribution in [0.15, 0.2) is 6.07 Å². The van der Waals surface area contributed by atoms with Gasteiger partial charge in [-0.2, -0.15) is 0 Å². The molecule has 2 aromatic rings. The maximum absolute atomic E-state index is 5.45. The van der Waals surface area contributed by atoms with Crippen molar-refractivity contribution in [2.45, 2.75) is 46.8 Å². The van der Waals surface area contributed by atoms with Crippen molar-refractivity contribution in [1.82, 2.24) is 14.5 Å². The maximum atomic E-state index is 5.45. The third-order valence-corrected chi connectivity index (χ3v) is 3.23. The minimum Gasteiger partial charge on any atom is -0.410 e. The Kier molecular flexibility index (Phi) is 3.29. The predicted molar refractivity (Wildman–Crippen MR) is 76.7 cm³/mol. The van der Waals surface area contributed by atoms with Crippen molar-refractivity contribution in [3.63, 3.8) is 0 Å². The molecular weight excluding hydrogens is 242 g/mol. The second kappa shape index (κ2) is 4.48. The summed E-state index contributed by atoms with van der Waals surface area (Å²) in [7, 11) is 0.728. The third kappa shape index (κ3) is 2.20. The van der Waals surface area contributed by atoms with Crippen LogP contribution in [0.4, 0.5) is 0 Å². The van der Waals surface area contributed by atoms with Crippen LogP contribution < -0.4 is 0 Å². The predicted octanol–water partition coefficient (Wildman–Crippen LogP) is 1.60. The Bertz CT molecular complexity index is 584. The van der Waals surface area contributed by atoms with E-state index in [1.54, 1.807) is 0 Å². The van der Waals surface area contributed by atoms with Crippen molar-refractivity contribution in [2.24, 2.45) is 0 Å². The zero-order valence-electron chi connectivity index (χ0n) is 12.0.